The lowest BCUT2D eigenvalue weighted by molar-refractivity contribution is -0.385. The van der Waals surface area contributed by atoms with E-state index in [9.17, 15) is 14.9 Å². The van der Waals surface area contributed by atoms with E-state index in [2.05, 4.69) is 15.7 Å². The molecule has 0 aliphatic carbocycles. The van der Waals surface area contributed by atoms with Gasteiger partial charge in [-0.15, -0.1) is 0 Å². The molecular formula is C15H19N5O3. The standard InChI is InChI=1S/C15H19N5O3/c1-2-16-9-12-5-3-4-6-14(12)18-15(21)7-8-19-11-13(10-17-19)20(22)23/h3-6,10-11,16H,2,7-9H2,1H3,(H,18,21). The van der Waals surface area contributed by atoms with Gasteiger partial charge in [-0.1, -0.05) is 25.1 Å². The van der Waals surface area contributed by atoms with Crippen molar-refractivity contribution in [3.8, 4) is 0 Å². The molecule has 1 aromatic heterocycles. The van der Waals surface area contributed by atoms with Crippen molar-refractivity contribution in [1.82, 2.24) is 15.1 Å². The summed E-state index contributed by atoms with van der Waals surface area (Å²) in [6, 6.07) is 7.59. The van der Waals surface area contributed by atoms with Crippen molar-refractivity contribution in [3.05, 3.63) is 52.3 Å². The molecule has 23 heavy (non-hydrogen) atoms. The lowest BCUT2D eigenvalue weighted by atomic mass is 10.1. The van der Waals surface area contributed by atoms with E-state index < -0.39 is 4.92 Å². The number of para-hydroxylation sites is 1. The fraction of sp³-hybridized carbons (Fsp3) is 0.333. The van der Waals surface area contributed by atoms with Gasteiger partial charge >= 0.3 is 5.69 Å². The summed E-state index contributed by atoms with van der Waals surface area (Å²) in [6.07, 6.45) is 2.67. The second-order valence-corrected chi connectivity index (χ2v) is 4.95. The molecule has 122 valence electrons. The van der Waals surface area contributed by atoms with Crippen molar-refractivity contribution >= 4 is 17.3 Å². The molecule has 0 aliphatic rings. The first kappa shape index (κ1) is 16.6. The zero-order valence-electron chi connectivity index (χ0n) is 12.9. The molecule has 0 spiro atoms. The number of hydrogen-bond acceptors (Lipinski definition) is 5. The highest BCUT2D eigenvalue weighted by Crippen LogP contribution is 2.15. The molecule has 1 amide bonds. The minimum absolute atomic E-state index is 0.0820. The topological polar surface area (TPSA) is 102 Å². The summed E-state index contributed by atoms with van der Waals surface area (Å²) >= 11 is 0. The van der Waals surface area contributed by atoms with Crippen LogP contribution in [0.15, 0.2) is 36.7 Å². The third kappa shape index (κ3) is 4.89. The van der Waals surface area contributed by atoms with Gasteiger partial charge in [0.25, 0.3) is 0 Å². The average molecular weight is 317 g/mol. The van der Waals surface area contributed by atoms with E-state index in [0.717, 1.165) is 17.8 Å². The van der Waals surface area contributed by atoms with Crippen LogP contribution in [0.2, 0.25) is 0 Å². The molecule has 0 saturated heterocycles. The van der Waals surface area contributed by atoms with Crippen molar-refractivity contribution in [3.63, 3.8) is 0 Å². The lowest BCUT2D eigenvalue weighted by Gasteiger charge is -2.11. The van der Waals surface area contributed by atoms with Gasteiger partial charge in [0.2, 0.25) is 5.91 Å². The quantitative estimate of drug-likeness (QED) is 0.572. The molecule has 2 rings (SSSR count). The number of carbonyl (C=O) groups excluding carboxylic acids is 1. The molecule has 2 N–H and O–H groups in total. The summed E-state index contributed by atoms with van der Waals surface area (Å²) < 4.78 is 1.39. The number of rotatable bonds is 8. The van der Waals surface area contributed by atoms with Gasteiger partial charge in [0.15, 0.2) is 0 Å². The Hall–Kier alpha value is -2.74. The predicted octanol–water partition coefficient (Wildman–Crippen LogP) is 1.93. The predicted molar refractivity (Wildman–Crippen MR) is 86.0 cm³/mol. The summed E-state index contributed by atoms with van der Waals surface area (Å²) in [4.78, 5) is 22.1. The number of aromatic nitrogens is 2. The first-order chi connectivity index (χ1) is 11.1. The number of nitrogens with zero attached hydrogens (tertiary/aromatic N) is 3. The minimum atomic E-state index is -0.513. The summed E-state index contributed by atoms with van der Waals surface area (Å²) in [5.41, 5.74) is 1.70. The van der Waals surface area contributed by atoms with E-state index in [0.29, 0.717) is 6.54 Å². The summed E-state index contributed by atoms with van der Waals surface area (Å²) in [7, 11) is 0. The molecule has 0 fully saturated rings. The Labute approximate surface area is 133 Å². The number of amides is 1. The third-order valence-electron chi connectivity index (χ3n) is 3.26. The van der Waals surface area contributed by atoms with Crippen molar-refractivity contribution < 1.29 is 9.72 Å². The first-order valence-electron chi connectivity index (χ1n) is 7.35. The van der Waals surface area contributed by atoms with Gasteiger partial charge in [0, 0.05) is 25.2 Å². The number of carbonyl (C=O) groups is 1. The Balaban J connectivity index is 1.90. The van der Waals surface area contributed by atoms with Crippen LogP contribution in [0.3, 0.4) is 0 Å². The fourth-order valence-corrected chi connectivity index (χ4v) is 2.05. The molecule has 0 atom stereocenters. The van der Waals surface area contributed by atoms with E-state index in [1.807, 2.05) is 31.2 Å². The van der Waals surface area contributed by atoms with E-state index in [1.165, 1.54) is 17.1 Å². The Morgan fingerprint density at radius 2 is 2.17 bits per heavy atom. The number of benzene rings is 1. The molecule has 8 heteroatoms. The normalized spacial score (nSPS) is 10.5. The molecule has 0 radical (unpaired) electrons. The Morgan fingerprint density at radius 1 is 1.39 bits per heavy atom. The maximum absolute atomic E-state index is 12.0. The van der Waals surface area contributed by atoms with Crippen molar-refractivity contribution in [2.24, 2.45) is 0 Å². The Morgan fingerprint density at radius 3 is 2.87 bits per heavy atom. The van der Waals surface area contributed by atoms with Crippen LogP contribution in [-0.4, -0.2) is 27.2 Å². The highest BCUT2D eigenvalue weighted by atomic mass is 16.6. The zero-order chi connectivity index (χ0) is 16.7. The van der Waals surface area contributed by atoms with E-state index in [1.54, 1.807) is 0 Å². The highest BCUT2D eigenvalue weighted by molar-refractivity contribution is 5.91. The second-order valence-electron chi connectivity index (χ2n) is 4.95. The summed E-state index contributed by atoms with van der Waals surface area (Å²) in [6.45, 7) is 3.83. The maximum Gasteiger partial charge on any atom is 0.306 e. The van der Waals surface area contributed by atoms with E-state index in [4.69, 9.17) is 0 Å². The van der Waals surface area contributed by atoms with Gasteiger partial charge in [-0.2, -0.15) is 5.10 Å². The molecule has 2 aromatic rings. The molecule has 1 aromatic carbocycles. The Bertz CT molecular complexity index is 683. The van der Waals surface area contributed by atoms with Gasteiger partial charge in [-0.3, -0.25) is 19.6 Å². The smallest absolute Gasteiger partial charge is 0.306 e. The van der Waals surface area contributed by atoms with Crippen LogP contribution >= 0.6 is 0 Å². The van der Waals surface area contributed by atoms with E-state index in [-0.39, 0.29) is 24.6 Å². The number of nitro groups is 1. The van der Waals surface area contributed by atoms with Crippen LogP contribution in [0.1, 0.15) is 18.9 Å². The maximum atomic E-state index is 12.0. The van der Waals surface area contributed by atoms with Crippen molar-refractivity contribution in [2.75, 3.05) is 11.9 Å². The number of aryl methyl sites for hydroxylation is 1. The molecule has 0 saturated carbocycles. The van der Waals surface area contributed by atoms with Gasteiger partial charge in [-0.05, 0) is 18.2 Å². The number of hydrogen-bond donors (Lipinski definition) is 2. The lowest BCUT2D eigenvalue weighted by Crippen LogP contribution is -2.18. The van der Waals surface area contributed by atoms with Gasteiger partial charge in [0.1, 0.15) is 12.4 Å². The highest BCUT2D eigenvalue weighted by Gasteiger charge is 2.10. The molecular weight excluding hydrogens is 298 g/mol. The molecule has 0 bridgehead atoms. The van der Waals surface area contributed by atoms with Crippen LogP contribution < -0.4 is 10.6 Å². The van der Waals surface area contributed by atoms with Crippen LogP contribution in [0.5, 0.6) is 0 Å². The van der Waals surface area contributed by atoms with Crippen LogP contribution in [-0.2, 0) is 17.9 Å². The monoisotopic (exact) mass is 317 g/mol. The number of anilines is 1. The second kappa shape index (κ2) is 8.04. The number of nitrogens with one attached hydrogen (secondary N) is 2. The SMILES string of the molecule is CCNCc1ccccc1NC(=O)CCn1cc([N+](=O)[O-])cn1. The van der Waals surface area contributed by atoms with Crippen molar-refractivity contribution in [1.29, 1.82) is 0 Å². The molecule has 8 nitrogen and oxygen atoms in total. The fourth-order valence-electron chi connectivity index (χ4n) is 2.05. The van der Waals surface area contributed by atoms with Crippen LogP contribution in [0.25, 0.3) is 0 Å². The van der Waals surface area contributed by atoms with Crippen LogP contribution in [0.4, 0.5) is 11.4 Å². The van der Waals surface area contributed by atoms with Gasteiger partial charge in [0.05, 0.1) is 4.92 Å². The van der Waals surface area contributed by atoms with Gasteiger partial charge in [-0.25, -0.2) is 0 Å². The first-order valence-corrected chi connectivity index (χ1v) is 7.35. The van der Waals surface area contributed by atoms with Crippen molar-refractivity contribution in [2.45, 2.75) is 26.4 Å². The molecule has 0 aliphatic heterocycles. The Kier molecular flexibility index (Phi) is 5.81. The summed E-state index contributed by atoms with van der Waals surface area (Å²) in [5, 5.41) is 20.5. The molecule has 1 heterocycles. The molecule has 0 unspecified atom stereocenters. The zero-order valence-corrected chi connectivity index (χ0v) is 12.9. The third-order valence-corrected chi connectivity index (χ3v) is 3.26. The summed E-state index contributed by atoms with van der Waals surface area (Å²) in [5.74, 6) is -0.160. The minimum Gasteiger partial charge on any atom is -0.326 e. The van der Waals surface area contributed by atoms with E-state index >= 15 is 0 Å². The van der Waals surface area contributed by atoms with Gasteiger partial charge < -0.3 is 10.6 Å². The van der Waals surface area contributed by atoms with Crippen LogP contribution in [0, 0.1) is 10.1 Å². The largest absolute Gasteiger partial charge is 0.326 e. The average Bonchev–Trinajstić information content (AvgIpc) is 3.01.